The number of benzene rings is 2. The number of hydrogen-bond acceptors (Lipinski definition) is 4. The van der Waals surface area contributed by atoms with Crippen molar-refractivity contribution in [3.8, 4) is 11.1 Å². The molecular formula is C25H31NO3. The van der Waals surface area contributed by atoms with Crippen molar-refractivity contribution in [2.24, 2.45) is 11.8 Å². The van der Waals surface area contributed by atoms with Gasteiger partial charge in [-0.2, -0.15) is 0 Å². The van der Waals surface area contributed by atoms with Gasteiger partial charge in [0.15, 0.2) is 6.29 Å². The summed E-state index contributed by atoms with van der Waals surface area (Å²) in [6.07, 6.45) is 5.85. The van der Waals surface area contributed by atoms with E-state index in [1.165, 1.54) is 31.9 Å². The van der Waals surface area contributed by atoms with E-state index in [9.17, 15) is 10.2 Å². The van der Waals surface area contributed by atoms with Gasteiger partial charge in [-0.25, -0.2) is 0 Å². The fraction of sp³-hybridized carbons (Fsp3) is 0.520. The Morgan fingerprint density at radius 1 is 0.966 bits per heavy atom. The molecule has 0 amide bonds. The summed E-state index contributed by atoms with van der Waals surface area (Å²) in [4.78, 5) is 0. The van der Waals surface area contributed by atoms with Crippen LogP contribution < -0.4 is 5.32 Å². The summed E-state index contributed by atoms with van der Waals surface area (Å²) in [6, 6.07) is 16.5. The first-order valence-electron chi connectivity index (χ1n) is 10.8. The molecule has 0 heterocycles. The van der Waals surface area contributed by atoms with Crippen molar-refractivity contribution < 1.29 is 14.9 Å². The maximum Gasteiger partial charge on any atom is 0.180 e. The normalized spacial score (nSPS) is 33.8. The molecule has 4 aliphatic rings. The highest BCUT2D eigenvalue weighted by atomic mass is 16.6. The van der Waals surface area contributed by atoms with Gasteiger partial charge in [0, 0.05) is 24.8 Å². The minimum atomic E-state index is -0.875. The molecule has 0 radical (unpaired) electrons. The average molecular weight is 394 g/mol. The van der Waals surface area contributed by atoms with Crippen LogP contribution in [0.5, 0.6) is 0 Å². The zero-order valence-corrected chi connectivity index (χ0v) is 17.1. The monoisotopic (exact) mass is 393 g/mol. The lowest BCUT2D eigenvalue weighted by Gasteiger charge is -2.60. The van der Waals surface area contributed by atoms with Crippen LogP contribution in [-0.4, -0.2) is 28.5 Å². The van der Waals surface area contributed by atoms with E-state index >= 15 is 0 Å². The van der Waals surface area contributed by atoms with E-state index in [4.69, 9.17) is 4.74 Å². The van der Waals surface area contributed by atoms with Crippen molar-refractivity contribution in [2.45, 2.75) is 62.5 Å². The third-order valence-corrected chi connectivity index (χ3v) is 7.40. The lowest BCUT2D eigenvalue weighted by molar-refractivity contribution is -0.142. The predicted molar refractivity (Wildman–Crippen MR) is 113 cm³/mol. The van der Waals surface area contributed by atoms with Crippen molar-refractivity contribution >= 4 is 0 Å². The van der Waals surface area contributed by atoms with Gasteiger partial charge in [-0.15, -0.1) is 0 Å². The third-order valence-electron chi connectivity index (χ3n) is 7.40. The van der Waals surface area contributed by atoms with Crippen molar-refractivity contribution in [3.05, 3.63) is 59.7 Å². The summed E-state index contributed by atoms with van der Waals surface area (Å²) in [6.45, 7) is 0.856. The SMILES string of the molecule is COC(O)c1ccc(-c2ccc(CNC34CC5CC(CC(O)(C5)C3)C4)cc2)cc1. The van der Waals surface area contributed by atoms with E-state index in [1.54, 1.807) is 0 Å². The van der Waals surface area contributed by atoms with Crippen LogP contribution >= 0.6 is 0 Å². The maximum absolute atomic E-state index is 10.9. The minimum Gasteiger partial charge on any atom is -0.390 e. The number of nitrogens with one attached hydrogen (secondary N) is 1. The molecule has 4 bridgehead atoms. The topological polar surface area (TPSA) is 61.7 Å². The first-order valence-corrected chi connectivity index (χ1v) is 10.8. The molecule has 4 fully saturated rings. The maximum atomic E-state index is 10.9. The van der Waals surface area contributed by atoms with E-state index < -0.39 is 11.9 Å². The fourth-order valence-corrected chi connectivity index (χ4v) is 6.50. The Morgan fingerprint density at radius 3 is 2.10 bits per heavy atom. The van der Waals surface area contributed by atoms with E-state index in [0.717, 1.165) is 42.5 Å². The Hall–Kier alpha value is -1.72. The van der Waals surface area contributed by atoms with Crippen LogP contribution in [0.4, 0.5) is 0 Å². The molecule has 0 aliphatic heterocycles. The summed E-state index contributed by atoms with van der Waals surface area (Å²) in [5.74, 6) is 1.41. The Bertz CT molecular complexity index is 847. The highest BCUT2D eigenvalue weighted by Crippen LogP contribution is 2.57. The van der Waals surface area contributed by atoms with Crippen LogP contribution in [0.3, 0.4) is 0 Å². The van der Waals surface area contributed by atoms with E-state index in [-0.39, 0.29) is 5.54 Å². The van der Waals surface area contributed by atoms with Crippen molar-refractivity contribution in [2.75, 3.05) is 7.11 Å². The minimum absolute atomic E-state index is 0.134. The number of methoxy groups -OCH3 is 1. The van der Waals surface area contributed by atoms with Gasteiger partial charge >= 0.3 is 0 Å². The molecule has 0 saturated heterocycles. The summed E-state index contributed by atoms with van der Waals surface area (Å²) >= 11 is 0. The lowest BCUT2D eigenvalue weighted by atomic mass is 9.51. The molecule has 0 aromatic heterocycles. The van der Waals surface area contributed by atoms with Gasteiger partial charge in [-0.05, 0) is 67.1 Å². The van der Waals surface area contributed by atoms with Gasteiger partial charge in [-0.3, -0.25) is 0 Å². The molecule has 0 spiro atoms. The van der Waals surface area contributed by atoms with Gasteiger partial charge in [0.25, 0.3) is 0 Å². The highest BCUT2D eigenvalue weighted by molar-refractivity contribution is 5.64. The Labute approximate surface area is 172 Å². The van der Waals surface area contributed by atoms with Crippen LogP contribution in [0.1, 0.15) is 55.9 Å². The number of hydrogen-bond donors (Lipinski definition) is 3. The molecule has 2 aromatic carbocycles. The fourth-order valence-electron chi connectivity index (χ4n) is 6.50. The summed E-state index contributed by atoms with van der Waals surface area (Å²) in [7, 11) is 1.50. The third kappa shape index (κ3) is 3.75. The second kappa shape index (κ2) is 7.21. The summed E-state index contributed by atoms with van der Waals surface area (Å²) in [5.41, 5.74) is 4.05. The molecule has 2 aromatic rings. The van der Waals surface area contributed by atoms with E-state index in [2.05, 4.69) is 29.6 Å². The molecule has 3 N–H and O–H groups in total. The molecule has 154 valence electrons. The molecule has 4 heteroatoms. The molecule has 3 unspecified atom stereocenters. The van der Waals surface area contributed by atoms with Gasteiger partial charge < -0.3 is 20.3 Å². The van der Waals surface area contributed by atoms with Crippen LogP contribution in [0.25, 0.3) is 11.1 Å². The summed E-state index contributed by atoms with van der Waals surface area (Å²) in [5, 5.41) is 24.5. The first kappa shape index (κ1) is 19.3. The molecular weight excluding hydrogens is 362 g/mol. The van der Waals surface area contributed by atoms with Gasteiger partial charge in [0.1, 0.15) is 0 Å². The van der Waals surface area contributed by atoms with Crippen LogP contribution in [0.2, 0.25) is 0 Å². The number of aliphatic hydroxyl groups is 2. The van der Waals surface area contributed by atoms with E-state index in [0.29, 0.717) is 11.8 Å². The van der Waals surface area contributed by atoms with Crippen LogP contribution in [0, 0.1) is 11.8 Å². The quantitative estimate of drug-likeness (QED) is 0.645. The van der Waals surface area contributed by atoms with Gasteiger partial charge in [-0.1, -0.05) is 48.5 Å². The second-order valence-corrected chi connectivity index (χ2v) is 9.73. The lowest BCUT2D eigenvalue weighted by Crippen LogP contribution is -2.64. The van der Waals surface area contributed by atoms with Crippen molar-refractivity contribution in [1.82, 2.24) is 5.32 Å². The zero-order valence-electron chi connectivity index (χ0n) is 17.1. The predicted octanol–water partition coefficient (Wildman–Crippen LogP) is 4.16. The Kier molecular flexibility index (Phi) is 4.78. The van der Waals surface area contributed by atoms with Crippen LogP contribution in [-0.2, 0) is 11.3 Å². The first-order chi connectivity index (χ1) is 14.0. The molecule has 4 nitrogen and oxygen atoms in total. The van der Waals surface area contributed by atoms with Gasteiger partial charge in [0.2, 0.25) is 0 Å². The number of ether oxygens (including phenoxy) is 1. The second-order valence-electron chi connectivity index (χ2n) is 9.73. The van der Waals surface area contributed by atoms with Gasteiger partial charge in [0.05, 0.1) is 5.60 Å². The summed E-state index contributed by atoms with van der Waals surface area (Å²) < 4.78 is 4.95. The Morgan fingerprint density at radius 2 is 1.55 bits per heavy atom. The average Bonchev–Trinajstić information content (AvgIpc) is 2.70. The van der Waals surface area contributed by atoms with Crippen molar-refractivity contribution in [1.29, 1.82) is 0 Å². The molecule has 6 rings (SSSR count). The van der Waals surface area contributed by atoms with Crippen LogP contribution in [0.15, 0.2) is 48.5 Å². The molecule has 3 atom stereocenters. The molecule has 4 saturated carbocycles. The number of rotatable bonds is 6. The largest absolute Gasteiger partial charge is 0.390 e. The molecule has 29 heavy (non-hydrogen) atoms. The van der Waals surface area contributed by atoms with Crippen molar-refractivity contribution in [3.63, 3.8) is 0 Å². The van der Waals surface area contributed by atoms with E-state index in [1.807, 2.05) is 24.3 Å². The highest BCUT2D eigenvalue weighted by Gasteiger charge is 2.56. The Balaban J connectivity index is 1.24. The smallest absolute Gasteiger partial charge is 0.180 e. The zero-order chi connectivity index (χ0) is 20.1. The number of aliphatic hydroxyl groups excluding tert-OH is 1. The molecule has 4 aliphatic carbocycles. The standard InChI is InChI=1S/C25H31NO3/c1-29-23(27)22-8-6-21(7-9-22)20-4-2-17(3-5-20)15-26-24-11-18-10-19(12-24)14-25(28,13-18)16-24/h2-9,18-19,23,26-28H,10-16H2,1H3.